The van der Waals surface area contributed by atoms with E-state index in [1.165, 1.54) is 18.5 Å². The second-order valence-corrected chi connectivity index (χ2v) is 3.11. The molecule has 1 aromatic rings. The highest BCUT2D eigenvalue weighted by Gasteiger charge is 2.37. The summed E-state index contributed by atoms with van der Waals surface area (Å²) < 4.78 is 0.742. The van der Waals surface area contributed by atoms with Crippen molar-refractivity contribution in [2.45, 2.75) is 0 Å². The lowest BCUT2D eigenvalue weighted by Gasteiger charge is -2.07. The molecule has 0 aromatic carbocycles. The highest BCUT2D eigenvalue weighted by molar-refractivity contribution is 7.80. The summed E-state index contributed by atoms with van der Waals surface area (Å²) in [5.74, 6) is -0.762. The van der Waals surface area contributed by atoms with E-state index in [2.05, 4.69) is 12.6 Å². The van der Waals surface area contributed by atoms with Crippen molar-refractivity contribution < 1.29 is 19.5 Å². The normalized spacial score (nSPS) is 14.8. The SMILES string of the molecule is O=C1c2cc[n+](O)cc2C(=O)N1CS. The molecule has 72 valence electrons. The lowest BCUT2D eigenvalue weighted by atomic mass is 10.2. The van der Waals surface area contributed by atoms with Crippen molar-refractivity contribution in [2.75, 3.05) is 5.88 Å². The summed E-state index contributed by atoms with van der Waals surface area (Å²) in [7, 11) is 0. The van der Waals surface area contributed by atoms with Gasteiger partial charge in [-0.2, -0.15) is 12.6 Å². The number of imide groups is 1. The highest BCUT2D eigenvalue weighted by Crippen LogP contribution is 2.20. The van der Waals surface area contributed by atoms with E-state index in [9.17, 15) is 9.59 Å². The lowest BCUT2D eigenvalue weighted by Crippen LogP contribution is -2.30. The zero-order valence-electron chi connectivity index (χ0n) is 7.04. The molecule has 1 N–H and O–H groups in total. The molecule has 0 aliphatic carbocycles. The molecule has 0 bridgehead atoms. The number of aromatic nitrogens is 1. The Bertz CT molecular complexity index is 433. The van der Waals surface area contributed by atoms with Gasteiger partial charge in [0, 0.05) is 10.8 Å². The Morgan fingerprint density at radius 2 is 2.00 bits per heavy atom. The number of rotatable bonds is 1. The summed E-state index contributed by atoms with van der Waals surface area (Å²) in [6.45, 7) is 0. The van der Waals surface area contributed by atoms with E-state index in [1.807, 2.05) is 0 Å². The summed E-state index contributed by atoms with van der Waals surface area (Å²) >= 11 is 3.88. The fourth-order valence-electron chi connectivity index (χ4n) is 1.35. The number of thiol groups is 1. The standard InChI is InChI=1S/C8H6N2O3S/c11-7-5-1-2-9(13)3-6(5)8(12)10(7)4-14/h1-3H,4H2,(H-,13,14)/p+1. The molecule has 0 spiro atoms. The van der Waals surface area contributed by atoms with Crippen LogP contribution < -0.4 is 4.73 Å². The van der Waals surface area contributed by atoms with Crippen LogP contribution in [0, 0.1) is 0 Å². The summed E-state index contributed by atoms with van der Waals surface area (Å²) in [6.07, 6.45) is 2.50. The van der Waals surface area contributed by atoms with E-state index in [0.717, 1.165) is 9.63 Å². The van der Waals surface area contributed by atoms with Crippen LogP contribution in [-0.4, -0.2) is 27.8 Å². The van der Waals surface area contributed by atoms with Gasteiger partial charge in [-0.3, -0.25) is 19.7 Å². The van der Waals surface area contributed by atoms with Crippen LogP contribution in [0.2, 0.25) is 0 Å². The van der Waals surface area contributed by atoms with Crippen molar-refractivity contribution in [3.8, 4) is 0 Å². The Labute approximate surface area is 84.9 Å². The molecule has 6 heteroatoms. The number of carbonyl (C=O) groups is 2. The number of hydrogen-bond acceptors (Lipinski definition) is 4. The van der Waals surface area contributed by atoms with Crippen LogP contribution in [0.15, 0.2) is 18.5 Å². The van der Waals surface area contributed by atoms with E-state index >= 15 is 0 Å². The predicted octanol–water partition coefficient (Wildman–Crippen LogP) is -0.305. The predicted molar refractivity (Wildman–Crippen MR) is 48.2 cm³/mol. The van der Waals surface area contributed by atoms with Gasteiger partial charge in [0.2, 0.25) is 12.4 Å². The number of fused-ring (bicyclic) bond motifs is 1. The minimum atomic E-state index is -0.427. The van der Waals surface area contributed by atoms with Crippen LogP contribution in [0.1, 0.15) is 20.7 Å². The van der Waals surface area contributed by atoms with Gasteiger partial charge in [-0.1, -0.05) is 0 Å². The van der Waals surface area contributed by atoms with Gasteiger partial charge in [-0.15, -0.1) is 0 Å². The van der Waals surface area contributed by atoms with Crippen molar-refractivity contribution in [3.05, 3.63) is 29.6 Å². The second-order valence-electron chi connectivity index (χ2n) is 2.83. The summed E-state index contributed by atoms with van der Waals surface area (Å²) in [4.78, 5) is 24.0. The van der Waals surface area contributed by atoms with Crippen LogP contribution in [0.25, 0.3) is 0 Å². The lowest BCUT2D eigenvalue weighted by molar-refractivity contribution is -0.904. The minimum Gasteiger partial charge on any atom is -0.285 e. The molecule has 0 saturated heterocycles. The maximum Gasteiger partial charge on any atom is 0.268 e. The van der Waals surface area contributed by atoms with Gasteiger partial charge in [-0.05, 0) is 0 Å². The average molecular weight is 211 g/mol. The minimum absolute atomic E-state index is 0.0395. The third-order valence-electron chi connectivity index (χ3n) is 2.04. The Kier molecular flexibility index (Phi) is 1.92. The number of carbonyl (C=O) groups excluding carboxylic acids is 2. The Morgan fingerprint density at radius 3 is 2.64 bits per heavy atom. The molecular formula is C8H7N2O3S+. The third kappa shape index (κ3) is 1.07. The largest absolute Gasteiger partial charge is 0.285 e. The van der Waals surface area contributed by atoms with Crippen LogP contribution in [0.5, 0.6) is 0 Å². The third-order valence-corrected chi connectivity index (χ3v) is 2.32. The molecule has 1 aliphatic heterocycles. The molecule has 0 fully saturated rings. The van der Waals surface area contributed by atoms with E-state index < -0.39 is 5.91 Å². The van der Waals surface area contributed by atoms with E-state index in [-0.39, 0.29) is 17.3 Å². The first-order valence-electron chi connectivity index (χ1n) is 3.86. The Balaban J connectivity index is 2.58. The number of amides is 2. The van der Waals surface area contributed by atoms with Gasteiger partial charge in [-0.25, -0.2) is 0 Å². The fourth-order valence-corrected chi connectivity index (χ4v) is 1.61. The van der Waals surface area contributed by atoms with Gasteiger partial charge in [0.1, 0.15) is 5.56 Å². The first kappa shape index (κ1) is 9.01. The van der Waals surface area contributed by atoms with Gasteiger partial charge in [0.25, 0.3) is 11.8 Å². The zero-order chi connectivity index (χ0) is 10.3. The van der Waals surface area contributed by atoms with Crippen molar-refractivity contribution in [3.63, 3.8) is 0 Å². The molecule has 0 radical (unpaired) electrons. The maximum atomic E-state index is 11.5. The van der Waals surface area contributed by atoms with Crippen molar-refractivity contribution in [1.29, 1.82) is 0 Å². The van der Waals surface area contributed by atoms with Crippen LogP contribution in [-0.2, 0) is 0 Å². The Morgan fingerprint density at radius 1 is 1.36 bits per heavy atom. The number of hydrogen-bond donors (Lipinski definition) is 2. The highest BCUT2D eigenvalue weighted by atomic mass is 32.1. The molecule has 1 aromatic heterocycles. The first-order valence-corrected chi connectivity index (χ1v) is 4.50. The number of nitrogens with zero attached hydrogens (tertiary/aromatic N) is 2. The molecule has 0 saturated carbocycles. The number of pyridine rings is 1. The van der Waals surface area contributed by atoms with E-state index in [1.54, 1.807) is 0 Å². The molecule has 5 nitrogen and oxygen atoms in total. The molecule has 2 heterocycles. The molecule has 1 aliphatic rings. The quantitative estimate of drug-likeness (QED) is 0.290. The van der Waals surface area contributed by atoms with Gasteiger partial charge >= 0.3 is 0 Å². The summed E-state index contributed by atoms with van der Waals surface area (Å²) in [5, 5.41) is 9.07. The van der Waals surface area contributed by atoms with Crippen molar-refractivity contribution >= 4 is 24.4 Å². The zero-order valence-corrected chi connectivity index (χ0v) is 7.94. The van der Waals surface area contributed by atoms with Crippen LogP contribution in [0.4, 0.5) is 0 Å². The Hall–Kier alpha value is -1.56. The fraction of sp³-hybridized carbons (Fsp3) is 0.125. The molecule has 0 atom stereocenters. The molecule has 2 rings (SSSR count). The molecule has 2 amide bonds. The van der Waals surface area contributed by atoms with Gasteiger partial charge in [0.05, 0.1) is 11.4 Å². The van der Waals surface area contributed by atoms with Crippen LogP contribution in [0.3, 0.4) is 0 Å². The second kappa shape index (κ2) is 2.98. The molecule has 0 unspecified atom stereocenters. The van der Waals surface area contributed by atoms with Gasteiger partial charge < -0.3 is 0 Å². The smallest absolute Gasteiger partial charge is 0.268 e. The topological polar surface area (TPSA) is 61.5 Å². The maximum absolute atomic E-state index is 11.5. The van der Waals surface area contributed by atoms with Crippen molar-refractivity contribution in [2.24, 2.45) is 0 Å². The van der Waals surface area contributed by atoms with E-state index in [4.69, 9.17) is 5.21 Å². The van der Waals surface area contributed by atoms with Crippen molar-refractivity contribution in [1.82, 2.24) is 4.90 Å². The van der Waals surface area contributed by atoms with E-state index in [0.29, 0.717) is 5.56 Å². The molecular weight excluding hydrogens is 204 g/mol. The average Bonchev–Trinajstić information content (AvgIpc) is 2.39. The molecule has 14 heavy (non-hydrogen) atoms. The van der Waals surface area contributed by atoms with Gasteiger partial charge in [0.15, 0.2) is 0 Å². The monoisotopic (exact) mass is 211 g/mol. The summed E-state index contributed by atoms with van der Waals surface area (Å²) in [6, 6.07) is 1.40. The first-order chi connectivity index (χ1) is 6.65. The van der Waals surface area contributed by atoms with Crippen LogP contribution >= 0.6 is 12.6 Å². The summed E-state index contributed by atoms with van der Waals surface area (Å²) in [5.41, 5.74) is 0.503.